The molecule has 0 spiro atoms. The first-order valence-corrected chi connectivity index (χ1v) is 45.3. The average molecular weight is 2240 g/mol. The first kappa shape index (κ1) is 127. The van der Waals surface area contributed by atoms with Gasteiger partial charge in [-0.2, -0.15) is 39.9 Å². The van der Waals surface area contributed by atoms with Crippen molar-refractivity contribution in [1.82, 2.24) is 89.7 Å². The van der Waals surface area contributed by atoms with Crippen molar-refractivity contribution in [2.75, 3.05) is 122 Å². The van der Waals surface area contributed by atoms with Gasteiger partial charge in [-0.25, -0.2) is 57.9 Å². The second-order valence-corrected chi connectivity index (χ2v) is 32.2. The van der Waals surface area contributed by atoms with Crippen LogP contribution in [0.3, 0.4) is 0 Å². The van der Waals surface area contributed by atoms with Gasteiger partial charge in [-0.1, -0.05) is 30.3 Å². The number of methoxy groups -OCH3 is 3. The Balaban J connectivity index is 0.000000437. The maximum absolute atomic E-state index is 11.4. The molecule has 18 rings (SSSR count). The first-order valence-electron chi connectivity index (χ1n) is 42.2. The number of halogens is 8. The van der Waals surface area contributed by atoms with Crippen LogP contribution in [-0.2, 0) is 41.7 Å². The summed E-state index contributed by atoms with van der Waals surface area (Å²) in [7, 11) is 1.09. The van der Waals surface area contributed by atoms with Gasteiger partial charge in [-0.05, 0) is 236 Å². The normalized spacial score (nSPS) is 9.72. The summed E-state index contributed by atoms with van der Waals surface area (Å²) in [6, 6.07) is 70.8. The topological polar surface area (TPSA) is 693 Å². The molecule has 10 aromatic heterocycles. The Morgan fingerprint density at radius 1 is 0.340 bits per heavy atom. The Labute approximate surface area is 914 Å². The zero-order chi connectivity index (χ0) is 101. The number of nitrogens with two attached hydrogens (primary N) is 8. The number of nitrogens with one attached hydrogen (secondary N) is 10. The molecule has 0 fully saturated rings. The van der Waals surface area contributed by atoms with E-state index in [4.69, 9.17) is 55.7 Å². The molecular weight excluding hydrogens is 2140 g/mol. The monoisotopic (exact) mass is 2240 g/mol. The number of aliphatic carboxylic acids is 1. The molecule has 0 saturated heterocycles. The summed E-state index contributed by atoms with van der Waals surface area (Å²) in [6.07, 6.45) is 20.1. The van der Waals surface area contributed by atoms with Crippen molar-refractivity contribution < 1.29 is 46.9 Å². The fourth-order valence-electron chi connectivity index (χ4n) is 12.2. The van der Waals surface area contributed by atoms with E-state index in [0.29, 0.717) is 69.8 Å². The van der Waals surface area contributed by atoms with E-state index in [-0.39, 0.29) is 176 Å². The smallest absolute Gasteiger partial charge is 0.337 e. The Kier molecular flexibility index (Phi) is 54.7. The summed E-state index contributed by atoms with van der Waals surface area (Å²) in [5, 5.41) is 35.7. The quantitative estimate of drug-likeness (QED) is 0.0187. The Bertz CT molecular complexity index is 7280. The van der Waals surface area contributed by atoms with Gasteiger partial charge < -0.3 is 118 Å². The number of rotatable bonds is 25. The molecule has 8 aromatic carbocycles. The summed E-state index contributed by atoms with van der Waals surface area (Å²) in [6.45, 7) is 1.56. The first-order chi connectivity index (χ1) is 68.4. The molecule has 0 aliphatic carbocycles. The number of sulfone groups is 1. The molecule has 44 nitrogen and oxygen atoms in total. The Morgan fingerprint density at radius 3 is 1.03 bits per heavy atom. The fourth-order valence-corrected chi connectivity index (χ4v) is 13.2. The van der Waals surface area contributed by atoms with E-state index in [1.165, 1.54) is 49.1 Å². The number of hydrogen-bond acceptors (Lipinski definition) is 42. The van der Waals surface area contributed by atoms with E-state index < -0.39 is 15.8 Å². The number of hydrogen-bond donors (Lipinski definition) is 19. The number of fused-ring (bicyclic) bond motifs is 2. The summed E-state index contributed by atoms with van der Waals surface area (Å²) in [5.74, 6) is 5.83. The predicted molar refractivity (Wildman–Crippen MR) is 611 cm³/mol. The van der Waals surface area contributed by atoms with Gasteiger partial charge in [0.15, 0.2) is 9.84 Å². The average Bonchev–Trinajstić information content (AvgIpc) is 1.71. The number of carbonyl (C=O) groups excluding carboxylic acids is 3. The maximum atomic E-state index is 11.4. The molecule has 10 heterocycles. The molecule has 0 saturated carbocycles. The van der Waals surface area contributed by atoms with Crippen molar-refractivity contribution in [1.29, 1.82) is 0 Å². The minimum absolute atomic E-state index is 0. The minimum Gasteiger partial charge on any atom is -0.495 e. The molecule has 788 valence electrons. The fraction of sp³-hybridized carbons (Fsp3) is 0.0833. The molecule has 0 radical (unpaired) electrons. The number of carbonyl (C=O) groups is 4. The number of thioether (sulfide) groups is 1. The van der Waals surface area contributed by atoms with Crippen LogP contribution in [0.25, 0.3) is 21.8 Å². The lowest BCUT2D eigenvalue weighted by Crippen LogP contribution is -2.03. The van der Waals surface area contributed by atoms with Crippen molar-refractivity contribution in [2.45, 2.75) is 29.6 Å². The van der Waals surface area contributed by atoms with E-state index in [1.807, 2.05) is 104 Å². The van der Waals surface area contributed by atoms with E-state index in [2.05, 4.69) is 154 Å². The SMILES string of the molecule is COC(=O)c1ccc(Nc2ccnc(N)n2)cc1.COC(=O)c1cccc(Nc2ccnc(N)n2)c1.COc1cc(CC(C)=O)ccc1Nc1ccnc(N)n1.CS(=O)(=O)c1ccc(Nc2ccnc(N)n2)cc1.CSc1ccc(Nc2ccnc(N)n2)cc1.Cl.Cl.Cl.Cl.Cl.Cl.Cl.Cl.Nc1nccc(Nc2ccc(CC(=O)O)cc2)n1.Nc1nccc(Nc2ccc3[nH]ccc3c2)n1.Nc1nccc(Nc2ccc3cc[nH]c3c2)n1. The number of aromatic amines is 2. The van der Waals surface area contributed by atoms with Gasteiger partial charge in [0, 0.05) is 136 Å². The predicted octanol–water partition coefficient (Wildman–Crippen LogP) is 18.2. The van der Waals surface area contributed by atoms with Crippen molar-refractivity contribution in [3.8, 4) is 5.75 Å². The maximum Gasteiger partial charge on any atom is 0.337 e. The van der Waals surface area contributed by atoms with Crippen LogP contribution in [0.2, 0.25) is 0 Å². The van der Waals surface area contributed by atoms with Gasteiger partial charge in [-0.3, -0.25) is 9.59 Å². The van der Waals surface area contributed by atoms with Crippen LogP contribution in [-0.4, -0.2) is 161 Å². The van der Waals surface area contributed by atoms with E-state index in [1.54, 1.807) is 197 Å². The molecule has 0 amide bonds. The largest absolute Gasteiger partial charge is 0.495 e. The van der Waals surface area contributed by atoms with Gasteiger partial charge >= 0.3 is 17.9 Å². The van der Waals surface area contributed by atoms with Crippen LogP contribution < -0.4 is 93.1 Å². The lowest BCUT2D eigenvalue weighted by Gasteiger charge is -2.12. The third-order valence-corrected chi connectivity index (χ3v) is 20.5. The number of carboxylic acids is 1. The van der Waals surface area contributed by atoms with Gasteiger partial charge in [0.2, 0.25) is 47.6 Å². The minimum atomic E-state index is -3.17. The van der Waals surface area contributed by atoms with Gasteiger partial charge in [-0.15, -0.1) is 111 Å². The standard InChI is InChI=1S/C14H16N4O2.2C12H11N5.3C12H12N4O2.C11H12N4O2S.C11H12N4S.8ClH/c1-9(19)7-10-3-4-11(12(8-10)20-2)17-13-5-6-16-14(15)18-13;13-12-15-6-4-11(17-12)16-9-1-2-10-8(7-9)3-5-14-10;13-12-15-6-4-11(17-12)16-9-2-1-8-3-5-14-10(8)7-9;1-18-11(17)8-2-4-9(5-3-8)15-10-6-7-14-12(13)16-10;1-18-11(17)8-3-2-4-9(7-8)15-10-5-6-14-12(13)16-10;13-12-14-6-5-10(16-12)15-9-3-1-8(2-4-9)7-11(17)18;1-18(16,17)9-4-2-8(3-5-9)14-10-6-7-13-11(12)15-10;1-16-9-4-2-8(3-5-9)14-10-6-7-13-11(12)15-10;;;;;;;;/h3-6,8H,7H2,1-2H3,(H3,15,16,17,18);2*1-7,14H,(H3,13,15,16,17);2*2-7H,1H3,(H3,13,14,15,16);1-6H,7H2,(H,17,18)(H3,13,14,15,16);2-7H,1H3,(H3,12,13,14,15);2-7H,1H3,(H3,12,13,14,15);8*1H. The van der Waals surface area contributed by atoms with Crippen LogP contribution in [0.15, 0.2) is 308 Å². The molecule has 27 N–H and O–H groups in total. The van der Waals surface area contributed by atoms with Gasteiger partial charge in [0.05, 0.1) is 49.5 Å². The molecule has 54 heteroatoms. The van der Waals surface area contributed by atoms with E-state index >= 15 is 0 Å². The number of ketones is 1. The third-order valence-electron chi connectivity index (χ3n) is 18.7. The molecule has 18 aromatic rings. The van der Waals surface area contributed by atoms with Crippen molar-refractivity contribution >= 4 is 306 Å². The van der Waals surface area contributed by atoms with Crippen molar-refractivity contribution in [3.63, 3.8) is 0 Å². The number of carboxylic acid groups (broad SMARTS) is 1. The lowest BCUT2D eigenvalue weighted by molar-refractivity contribution is -0.136. The number of H-pyrrole nitrogens is 2. The molecule has 0 unspecified atom stereocenters. The number of anilines is 24. The van der Waals surface area contributed by atoms with Crippen LogP contribution in [0, 0.1) is 0 Å². The Hall–Kier alpha value is -17.2. The van der Waals surface area contributed by atoms with Crippen molar-refractivity contribution in [2.24, 2.45) is 0 Å². The molecular formula is C96H106Cl8N34O10S2. The molecule has 0 bridgehead atoms. The number of nitrogens with zero attached hydrogens (tertiary/aromatic N) is 16. The Morgan fingerprint density at radius 2 is 0.667 bits per heavy atom. The highest BCUT2D eigenvalue weighted by molar-refractivity contribution is 7.98. The van der Waals surface area contributed by atoms with Crippen LogP contribution >= 0.6 is 111 Å². The highest BCUT2D eigenvalue weighted by Gasteiger charge is 2.14. The third kappa shape index (κ3) is 43.2. The number of Topliss-reactive ketones (excluding diaryl/α,β-unsaturated/α-hetero) is 1. The molecule has 0 atom stereocenters. The second-order valence-electron chi connectivity index (χ2n) is 29.3. The van der Waals surface area contributed by atoms with Crippen molar-refractivity contribution in [3.05, 3.63) is 321 Å². The van der Waals surface area contributed by atoms with Gasteiger partial charge in [0.25, 0.3) is 0 Å². The summed E-state index contributed by atoms with van der Waals surface area (Å²) in [5.41, 5.74) is 55.4. The zero-order valence-corrected chi connectivity index (χ0v) is 88.3. The van der Waals surface area contributed by atoms with Crippen LogP contribution in [0.4, 0.5) is 140 Å². The number of ether oxygens (including phenoxy) is 3. The van der Waals surface area contributed by atoms with Crippen LogP contribution in [0.5, 0.6) is 5.75 Å². The molecule has 0 aliphatic rings. The second kappa shape index (κ2) is 64.6. The number of aromatic nitrogens is 18. The summed E-state index contributed by atoms with van der Waals surface area (Å²) >= 11 is 1.71. The van der Waals surface area contributed by atoms with Crippen LogP contribution in [0.1, 0.15) is 38.8 Å². The highest BCUT2D eigenvalue weighted by atomic mass is 35.5. The molecule has 0 aliphatic heterocycles. The summed E-state index contributed by atoms with van der Waals surface area (Å²) in [4.78, 5) is 115. The number of benzene rings is 8. The lowest BCUT2D eigenvalue weighted by atomic mass is 10.1. The highest BCUT2D eigenvalue weighted by Crippen LogP contribution is 2.31. The number of esters is 2. The van der Waals surface area contributed by atoms with E-state index in [9.17, 15) is 27.6 Å². The van der Waals surface area contributed by atoms with Gasteiger partial charge in [0.1, 0.15) is 58.1 Å². The summed E-state index contributed by atoms with van der Waals surface area (Å²) < 4.78 is 37.2. The molecule has 150 heavy (non-hydrogen) atoms. The zero-order valence-electron chi connectivity index (χ0n) is 80.2. The number of nitrogen functional groups attached to an aromatic ring is 8. The van der Waals surface area contributed by atoms with E-state index in [0.717, 1.165) is 73.0 Å².